The Bertz CT molecular complexity index is 1020. The van der Waals surface area contributed by atoms with Crippen LogP contribution >= 0.6 is 0 Å². The van der Waals surface area contributed by atoms with Crippen molar-refractivity contribution in [2.24, 2.45) is 5.92 Å². The minimum absolute atomic E-state index is 0.174. The number of nitrogens with two attached hydrogens (primary N) is 1. The van der Waals surface area contributed by atoms with Gasteiger partial charge in [-0.1, -0.05) is 0 Å². The number of likely N-dealkylation sites (tertiary alicyclic amines) is 1. The van der Waals surface area contributed by atoms with Gasteiger partial charge >= 0.3 is 6.09 Å². The second-order valence-corrected chi connectivity index (χ2v) is 6.83. The van der Waals surface area contributed by atoms with Crippen molar-refractivity contribution in [1.82, 2.24) is 24.3 Å². The number of piperidine rings is 1. The highest BCUT2D eigenvalue weighted by Gasteiger charge is 2.23. The third-order valence-corrected chi connectivity index (χ3v) is 4.86. The van der Waals surface area contributed by atoms with Gasteiger partial charge in [-0.3, -0.25) is 4.40 Å². The number of aromatic nitrogens is 4. The molecule has 1 fully saturated rings. The lowest BCUT2D eigenvalue weighted by atomic mass is 9.98. The Hall–Kier alpha value is -3.43. The molecule has 0 saturated carbocycles. The van der Waals surface area contributed by atoms with E-state index in [1.807, 2.05) is 0 Å². The van der Waals surface area contributed by atoms with Crippen molar-refractivity contribution >= 4 is 23.2 Å². The maximum absolute atomic E-state index is 13.6. The summed E-state index contributed by atoms with van der Waals surface area (Å²) in [7, 11) is 0. The molecular weight excluding hydrogens is 365 g/mol. The summed E-state index contributed by atoms with van der Waals surface area (Å²) in [4.78, 5) is 25.5. The molecule has 10 heteroatoms. The van der Waals surface area contributed by atoms with E-state index in [4.69, 9.17) is 10.8 Å². The molecule has 1 atom stereocenters. The average Bonchev–Trinajstić information content (AvgIpc) is 3.10. The molecule has 1 amide bonds. The van der Waals surface area contributed by atoms with E-state index in [0.717, 1.165) is 12.8 Å². The maximum Gasteiger partial charge on any atom is 0.407 e. The molecule has 1 aliphatic heterocycles. The number of hydrogen-bond donors (Lipinski definition) is 3. The number of pyridine rings is 1. The Kier molecular flexibility index (Phi) is 4.68. The smallest absolute Gasteiger partial charge is 0.407 e. The van der Waals surface area contributed by atoms with Gasteiger partial charge in [0, 0.05) is 25.8 Å². The van der Waals surface area contributed by atoms with Gasteiger partial charge in [0.15, 0.2) is 11.6 Å². The largest absolute Gasteiger partial charge is 0.465 e. The average molecular weight is 385 g/mol. The monoisotopic (exact) mass is 385 g/mol. The standard InChI is InChI=1S/C18H20FN7O2/c19-12-3-4-15-21-8-14(26(15)10-12)17-23-7-13(20)16(24-17)22-6-11-2-1-5-25(9-11)18(27)28/h3-4,7-8,10-11H,1-2,5-6,9,20H2,(H,27,28)(H,22,23,24)/t11-/m0/s1. The van der Waals surface area contributed by atoms with Crippen molar-refractivity contribution in [3.63, 3.8) is 0 Å². The number of halogens is 1. The lowest BCUT2D eigenvalue weighted by molar-refractivity contribution is 0.122. The highest BCUT2D eigenvalue weighted by molar-refractivity contribution is 5.66. The van der Waals surface area contributed by atoms with E-state index in [1.54, 1.807) is 16.7 Å². The molecule has 1 saturated heterocycles. The zero-order valence-electron chi connectivity index (χ0n) is 15.0. The number of anilines is 2. The number of nitrogens with zero attached hydrogens (tertiary/aromatic N) is 5. The van der Waals surface area contributed by atoms with Crippen LogP contribution in [0, 0.1) is 11.7 Å². The molecule has 146 valence electrons. The van der Waals surface area contributed by atoms with E-state index in [9.17, 15) is 9.18 Å². The zero-order chi connectivity index (χ0) is 19.7. The molecule has 4 rings (SSSR count). The zero-order valence-corrected chi connectivity index (χ0v) is 15.0. The van der Waals surface area contributed by atoms with Crippen LogP contribution in [0.1, 0.15) is 12.8 Å². The molecule has 0 spiro atoms. The van der Waals surface area contributed by atoms with Gasteiger partial charge in [0.1, 0.15) is 17.2 Å². The van der Waals surface area contributed by atoms with Crippen LogP contribution in [0.15, 0.2) is 30.7 Å². The van der Waals surface area contributed by atoms with Crippen molar-refractivity contribution in [2.45, 2.75) is 12.8 Å². The summed E-state index contributed by atoms with van der Waals surface area (Å²) in [6.45, 7) is 1.59. The molecule has 3 aromatic rings. The summed E-state index contributed by atoms with van der Waals surface area (Å²) in [5.41, 5.74) is 7.51. The van der Waals surface area contributed by atoms with Crippen molar-refractivity contribution in [3.8, 4) is 11.5 Å². The van der Waals surface area contributed by atoms with Crippen LogP contribution in [0.25, 0.3) is 17.2 Å². The van der Waals surface area contributed by atoms with Crippen molar-refractivity contribution in [1.29, 1.82) is 0 Å². The number of carbonyl (C=O) groups is 1. The van der Waals surface area contributed by atoms with E-state index >= 15 is 0 Å². The van der Waals surface area contributed by atoms with Crippen LogP contribution in [0.4, 0.5) is 20.7 Å². The van der Waals surface area contributed by atoms with Gasteiger partial charge in [-0.15, -0.1) is 0 Å². The van der Waals surface area contributed by atoms with E-state index in [-0.39, 0.29) is 11.7 Å². The molecule has 1 aliphatic rings. The van der Waals surface area contributed by atoms with Gasteiger partial charge in [0.05, 0.1) is 18.1 Å². The lowest BCUT2D eigenvalue weighted by Gasteiger charge is -2.30. The van der Waals surface area contributed by atoms with Gasteiger partial charge in [0.2, 0.25) is 0 Å². The summed E-state index contributed by atoms with van der Waals surface area (Å²) >= 11 is 0. The number of carboxylic acid groups (broad SMARTS) is 1. The number of rotatable bonds is 4. The van der Waals surface area contributed by atoms with E-state index in [0.29, 0.717) is 48.3 Å². The minimum atomic E-state index is -0.895. The summed E-state index contributed by atoms with van der Waals surface area (Å²) in [6, 6.07) is 2.92. The van der Waals surface area contributed by atoms with Gasteiger partial charge in [0.25, 0.3) is 0 Å². The van der Waals surface area contributed by atoms with E-state index in [1.165, 1.54) is 23.4 Å². The molecule has 0 aliphatic carbocycles. The molecule has 0 bridgehead atoms. The summed E-state index contributed by atoms with van der Waals surface area (Å²) in [5, 5.41) is 12.4. The van der Waals surface area contributed by atoms with Gasteiger partial charge < -0.3 is 21.1 Å². The number of hydrogen-bond acceptors (Lipinski definition) is 6. The first kappa shape index (κ1) is 18.0. The Morgan fingerprint density at radius 1 is 1.36 bits per heavy atom. The first-order chi connectivity index (χ1) is 13.5. The molecule has 9 nitrogen and oxygen atoms in total. The predicted octanol–water partition coefficient (Wildman–Crippen LogP) is 2.31. The Balaban J connectivity index is 1.54. The van der Waals surface area contributed by atoms with Crippen molar-refractivity contribution < 1.29 is 14.3 Å². The van der Waals surface area contributed by atoms with Gasteiger partial charge in [-0.05, 0) is 30.9 Å². The first-order valence-corrected chi connectivity index (χ1v) is 8.98. The molecule has 3 aromatic heterocycles. The van der Waals surface area contributed by atoms with Crippen molar-refractivity contribution in [3.05, 3.63) is 36.5 Å². The number of amides is 1. The van der Waals surface area contributed by atoms with E-state index in [2.05, 4.69) is 20.3 Å². The number of nitrogen functional groups attached to an aromatic ring is 1. The Morgan fingerprint density at radius 3 is 3.04 bits per heavy atom. The number of nitrogens with one attached hydrogen (secondary N) is 1. The maximum atomic E-state index is 13.6. The van der Waals surface area contributed by atoms with Crippen LogP contribution in [-0.4, -0.2) is 55.1 Å². The van der Waals surface area contributed by atoms with Gasteiger partial charge in [-0.25, -0.2) is 24.1 Å². The van der Waals surface area contributed by atoms with E-state index < -0.39 is 6.09 Å². The molecule has 0 aromatic carbocycles. The fraction of sp³-hybridized carbons (Fsp3) is 0.333. The highest BCUT2D eigenvalue weighted by Crippen LogP contribution is 2.23. The first-order valence-electron chi connectivity index (χ1n) is 8.98. The third kappa shape index (κ3) is 3.53. The fourth-order valence-electron chi connectivity index (χ4n) is 3.42. The summed E-state index contributed by atoms with van der Waals surface area (Å²) < 4.78 is 15.2. The van der Waals surface area contributed by atoms with Crippen LogP contribution in [0.2, 0.25) is 0 Å². The SMILES string of the molecule is Nc1cnc(-c2cnc3ccc(F)cn23)nc1NC[C@@H]1CCCN(C(=O)O)C1. The number of imidazole rings is 1. The second kappa shape index (κ2) is 7.29. The molecule has 28 heavy (non-hydrogen) atoms. The highest BCUT2D eigenvalue weighted by atomic mass is 19.1. The van der Waals surface area contributed by atoms with Crippen LogP contribution in [0.3, 0.4) is 0 Å². The summed E-state index contributed by atoms with van der Waals surface area (Å²) in [6.07, 6.45) is 5.27. The van der Waals surface area contributed by atoms with Crippen LogP contribution < -0.4 is 11.1 Å². The number of fused-ring (bicyclic) bond motifs is 1. The van der Waals surface area contributed by atoms with Crippen LogP contribution in [0.5, 0.6) is 0 Å². The summed E-state index contributed by atoms with van der Waals surface area (Å²) in [5.74, 6) is 0.614. The molecule has 4 heterocycles. The topological polar surface area (TPSA) is 122 Å². The fourth-order valence-corrected chi connectivity index (χ4v) is 3.42. The lowest BCUT2D eigenvalue weighted by Crippen LogP contribution is -2.41. The molecular formula is C18H20FN7O2. The quantitative estimate of drug-likeness (QED) is 0.630. The third-order valence-electron chi connectivity index (χ3n) is 4.86. The molecule has 4 N–H and O–H groups in total. The molecule has 0 radical (unpaired) electrons. The Labute approximate surface area is 160 Å². The van der Waals surface area contributed by atoms with Crippen molar-refractivity contribution in [2.75, 3.05) is 30.7 Å². The normalized spacial score (nSPS) is 17.0. The predicted molar refractivity (Wildman–Crippen MR) is 101 cm³/mol. The van der Waals surface area contributed by atoms with Crippen LogP contribution in [-0.2, 0) is 0 Å². The second-order valence-electron chi connectivity index (χ2n) is 6.83. The minimum Gasteiger partial charge on any atom is -0.465 e. The molecule has 0 unspecified atom stereocenters. The van der Waals surface area contributed by atoms with Gasteiger partial charge in [-0.2, -0.15) is 0 Å². The Morgan fingerprint density at radius 2 is 2.21 bits per heavy atom.